The van der Waals surface area contributed by atoms with Crippen molar-refractivity contribution < 1.29 is 18.0 Å². The topological polar surface area (TPSA) is 86.8 Å². The van der Waals surface area contributed by atoms with E-state index >= 15 is 0 Å². The van der Waals surface area contributed by atoms with E-state index < -0.39 is 28.5 Å². The van der Waals surface area contributed by atoms with Crippen molar-refractivity contribution in [3.8, 4) is 0 Å². The maximum Gasteiger partial charge on any atom is 0.244 e. The summed E-state index contributed by atoms with van der Waals surface area (Å²) in [5, 5.41) is 3.21. The fraction of sp³-hybridized carbons (Fsp3) is 0.364. The van der Waals surface area contributed by atoms with Gasteiger partial charge in [0.25, 0.3) is 0 Å². The molecule has 1 atom stereocenters. The van der Waals surface area contributed by atoms with E-state index in [1.807, 2.05) is 31.2 Å². The van der Waals surface area contributed by atoms with Gasteiger partial charge in [0.2, 0.25) is 21.8 Å². The van der Waals surface area contributed by atoms with Crippen LogP contribution in [0.2, 0.25) is 10.0 Å². The van der Waals surface area contributed by atoms with Gasteiger partial charge in [-0.05, 0) is 49.2 Å². The molecule has 7 nitrogen and oxygen atoms in total. The minimum Gasteiger partial charge on any atom is -0.354 e. The Morgan fingerprint density at radius 3 is 2.30 bits per heavy atom. The van der Waals surface area contributed by atoms with Crippen molar-refractivity contribution in [2.24, 2.45) is 0 Å². The van der Waals surface area contributed by atoms with Crippen LogP contribution in [0, 0.1) is 0 Å². The van der Waals surface area contributed by atoms with Crippen molar-refractivity contribution in [1.29, 1.82) is 0 Å². The van der Waals surface area contributed by atoms with Gasteiger partial charge >= 0.3 is 0 Å². The number of benzene rings is 2. The molecule has 0 spiro atoms. The molecule has 0 aromatic heterocycles. The lowest BCUT2D eigenvalue weighted by molar-refractivity contribution is -0.139. The van der Waals surface area contributed by atoms with Crippen molar-refractivity contribution in [2.75, 3.05) is 23.7 Å². The summed E-state index contributed by atoms with van der Waals surface area (Å²) >= 11 is 15.5. The number of anilines is 1. The van der Waals surface area contributed by atoms with Crippen molar-refractivity contribution in [3.05, 3.63) is 62.5 Å². The summed E-state index contributed by atoms with van der Waals surface area (Å²) in [6.45, 7) is 3.61. The SMILES string of the molecule is CCCNC(=O)[C@@H](C)N(Cc1ccc(Br)cc1)C(=O)CN(c1ccc(Cl)cc1Cl)S(C)(=O)=O. The zero-order valence-corrected chi connectivity index (χ0v) is 22.4. The maximum absolute atomic E-state index is 13.4. The Kier molecular flexibility index (Phi) is 10.0. The van der Waals surface area contributed by atoms with E-state index in [-0.39, 0.29) is 23.2 Å². The predicted molar refractivity (Wildman–Crippen MR) is 136 cm³/mol. The summed E-state index contributed by atoms with van der Waals surface area (Å²) in [6.07, 6.45) is 1.73. The van der Waals surface area contributed by atoms with Crippen LogP contribution in [0.25, 0.3) is 0 Å². The lowest BCUT2D eigenvalue weighted by atomic mass is 10.1. The van der Waals surface area contributed by atoms with Gasteiger partial charge < -0.3 is 10.2 Å². The number of nitrogens with one attached hydrogen (secondary N) is 1. The summed E-state index contributed by atoms with van der Waals surface area (Å²) in [6, 6.07) is 10.8. The monoisotopic (exact) mass is 577 g/mol. The zero-order valence-electron chi connectivity index (χ0n) is 18.5. The van der Waals surface area contributed by atoms with E-state index in [9.17, 15) is 18.0 Å². The second-order valence-corrected chi connectivity index (χ2v) is 11.1. The molecule has 0 bridgehead atoms. The number of rotatable bonds is 10. The summed E-state index contributed by atoms with van der Waals surface area (Å²) in [4.78, 5) is 27.4. The molecule has 180 valence electrons. The molecule has 0 fully saturated rings. The van der Waals surface area contributed by atoms with Crippen LogP contribution in [0.5, 0.6) is 0 Å². The minimum absolute atomic E-state index is 0.0916. The molecule has 0 aliphatic carbocycles. The fourth-order valence-electron chi connectivity index (χ4n) is 3.04. The third-order valence-electron chi connectivity index (χ3n) is 4.84. The zero-order chi connectivity index (χ0) is 24.8. The summed E-state index contributed by atoms with van der Waals surface area (Å²) < 4.78 is 26.9. The van der Waals surface area contributed by atoms with Crippen LogP contribution < -0.4 is 9.62 Å². The predicted octanol–water partition coefficient (Wildman–Crippen LogP) is 4.47. The second kappa shape index (κ2) is 12.1. The van der Waals surface area contributed by atoms with Gasteiger partial charge in [0.1, 0.15) is 12.6 Å². The van der Waals surface area contributed by atoms with E-state index in [0.717, 1.165) is 27.0 Å². The molecule has 2 aromatic rings. The van der Waals surface area contributed by atoms with Gasteiger partial charge in [-0.3, -0.25) is 13.9 Å². The number of carbonyl (C=O) groups excluding carboxylic acids is 2. The van der Waals surface area contributed by atoms with Gasteiger partial charge in [0, 0.05) is 22.6 Å². The molecule has 1 N–H and O–H groups in total. The van der Waals surface area contributed by atoms with Gasteiger partial charge in [-0.25, -0.2) is 8.42 Å². The highest BCUT2D eigenvalue weighted by Crippen LogP contribution is 2.30. The van der Waals surface area contributed by atoms with Gasteiger partial charge in [-0.15, -0.1) is 0 Å². The van der Waals surface area contributed by atoms with Crippen LogP contribution in [-0.4, -0.2) is 50.5 Å². The highest BCUT2D eigenvalue weighted by molar-refractivity contribution is 9.10. The van der Waals surface area contributed by atoms with E-state index in [1.165, 1.54) is 23.1 Å². The Labute approximate surface area is 213 Å². The molecule has 33 heavy (non-hydrogen) atoms. The molecule has 0 saturated heterocycles. The normalized spacial score (nSPS) is 12.2. The molecule has 0 saturated carbocycles. The molecule has 0 aliphatic heterocycles. The lowest BCUT2D eigenvalue weighted by Gasteiger charge is -2.31. The molecule has 0 unspecified atom stereocenters. The van der Waals surface area contributed by atoms with Crippen molar-refractivity contribution >= 4 is 66.7 Å². The van der Waals surface area contributed by atoms with E-state index in [0.29, 0.717) is 11.6 Å². The number of nitrogens with zero attached hydrogens (tertiary/aromatic N) is 2. The first-order valence-corrected chi connectivity index (χ1v) is 13.6. The molecule has 2 aromatic carbocycles. The van der Waals surface area contributed by atoms with Crippen LogP contribution in [-0.2, 0) is 26.2 Å². The first-order valence-electron chi connectivity index (χ1n) is 10.2. The molecule has 11 heteroatoms. The first-order chi connectivity index (χ1) is 15.4. The molecular weight excluding hydrogens is 553 g/mol. The maximum atomic E-state index is 13.4. The fourth-order valence-corrected chi connectivity index (χ4v) is 4.73. The largest absolute Gasteiger partial charge is 0.354 e. The molecule has 2 amide bonds. The van der Waals surface area contributed by atoms with E-state index in [4.69, 9.17) is 23.2 Å². The quantitative estimate of drug-likeness (QED) is 0.451. The van der Waals surface area contributed by atoms with Gasteiger partial charge in [0.15, 0.2) is 0 Å². The Hall–Kier alpha value is -1.81. The average Bonchev–Trinajstić information content (AvgIpc) is 2.74. The van der Waals surface area contributed by atoms with Crippen LogP contribution >= 0.6 is 39.1 Å². The molecule has 0 radical (unpaired) electrons. The Morgan fingerprint density at radius 1 is 1.12 bits per heavy atom. The van der Waals surface area contributed by atoms with Gasteiger partial charge in [-0.1, -0.05) is 58.2 Å². The number of hydrogen-bond donors (Lipinski definition) is 1. The Bertz CT molecular complexity index is 1100. The number of halogens is 3. The average molecular weight is 579 g/mol. The third kappa shape index (κ3) is 7.88. The molecule has 0 heterocycles. The van der Waals surface area contributed by atoms with Crippen molar-refractivity contribution in [3.63, 3.8) is 0 Å². The number of sulfonamides is 1. The number of amides is 2. The highest BCUT2D eigenvalue weighted by atomic mass is 79.9. The van der Waals surface area contributed by atoms with Crippen LogP contribution in [0.15, 0.2) is 46.9 Å². The van der Waals surface area contributed by atoms with Gasteiger partial charge in [-0.2, -0.15) is 0 Å². The molecular formula is C22H26BrCl2N3O4S. The smallest absolute Gasteiger partial charge is 0.244 e. The molecule has 2 rings (SSSR count). The van der Waals surface area contributed by atoms with Crippen LogP contribution in [0.4, 0.5) is 5.69 Å². The van der Waals surface area contributed by atoms with Crippen LogP contribution in [0.3, 0.4) is 0 Å². The van der Waals surface area contributed by atoms with E-state index in [2.05, 4.69) is 21.2 Å². The number of hydrogen-bond acceptors (Lipinski definition) is 4. The van der Waals surface area contributed by atoms with Crippen LogP contribution in [0.1, 0.15) is 25.8 Å². The Balaban J connectivity index is 2.39. The third-order valence-corrected chi connectivity index (χ3v) is 7.03. The Morgan fingerprint density at radius 2 is 1.76 bits per heavy atom. The minimum atomic E-state index is -3.87. The summed E-state index contributed by atoms with van der Waals surface area (Å²) in [5.41, 5.74) is 0.917. The van der Waals surface area contributed by atoms with Crippen molar-refractivity contribution in [1.82, 2.24) is 10.2 Å². The second-order valence-electron chi connectivity index (χ2n) is 7.48. The summed E-state index contributed by atoms with van der Waals surface area (Å²) in [7, 11) is -3.87. The molecule has 0 aliphatic rings. The lowest BCUT2D eigenvalue weighted by Crippen LogP contribution is -2.51. The van der Waals surface area contributed by atoms with E-state index in [1.54, 1.807) is 6.92 Å². The summed E-state index contributed by atoms with van der Waals surface area (Å²) in [5.74, 6) is -0.869. The highest BCUT2D eigenvalue weighted by Gasteiger charge is 2.30. The van der Waals surface area contributed by atoms with Gasteiger partial charge in [0.05, 0.1) is 17.0 Å². The standard InChI is InChI=1S/C22H26BrCl2N3O4S/c1-4-11-26-22(30)15(2)27(13-16-5-7-17(23)8-6-16)21(29)14-28(33(3,31)32)20-10-9-18(24)12-19(20)25/h5-10,12,15H,4,11,13-14H2,1-3H3,(H,26,30)/t15-/m1/s1. The van der Waals surface area contributed by atoms with Crippen molar-refractivity contribution in [2.45, 2.75) is 32.9 Å². The first kappa shape index (κ1) is 27.4. The number of carbonyl (C=O) groups is 2.